The van der Waals surface area contributed by atoms with Crippen molar-refractivity contribution in [2.45, 2.75) is 13.8 Å². The van der Waals surface area contributed by atoms with E-state index in [0.29, 0.717) is 29.0 Å². The Hall–Kier alpha value is -3.50. The number of nitrogens with zero attached hydrogens (tertiary/aromatic N) is 4. The summed E-state index contributed by atoms with van der Waals surface area (Å²) in [5.74, 6) is 0.844. The van der Waals surface area contributed by atoms with E-state index in [9.17, 15) is 9.59 Å². The van der Waals surface area contributed by atoms with Crippen LogP contribution < -0.4 is 14.4 Å². The molecule has 0 radical (unpaired) electrons. The lowest BCUT2D eigenvalue weighted by Crippen LogP contribution is -2.51. The standard InChI is InChI=1S/C27H30N4O5S/c1-18-5-4-6-19(2)25(18)30-11-9-29(10-12-30)16-31-26(33)21(28-27(31)37-15-24(32)34-3)13-20-7-8-22-23(14-20)36-17-35-22/h4-8,13-14H,9-12,15-17H2,1-3H3. The van der Waals surface area contributed by atoms with Crippen molar-refractivity contribution in [3.8, 4) is 11.5 Å². The van der Waals surface area contributed by atoms with Crippen molar-refractivity contribution in [3.05, 3.63) is 58.8 Å². The molecule has 0 saturated carbocycles. The molecule has 194 valence electrons. The van der Waals surface area contributed by atoms with Gasteiger partial charge in [-0.2, -0.15) is 0 Å². The average molecular weight is 523 g/mol. The third-order valence-corrected chi connectivity index (χ3v) is 7.58. The average Bonchev–Trinajstić information content (AvgIpc) is 3.48. The Morgan fingerprint density at radius 1 is 1.08 bits per heavy atom. The number of anilines is 1. The number of ether oxygens (including phenoxy) is 3. The Kier molecular flexibility index (Phi) is 7.38. The lowest BCUT2D eigenvalue weighted by Gasteiger charge is -2.38. The molecular weight excluding hydrogens is 492 g/mol. The van der Waals surface area contributed by atoms with Crippen LogP contribution in [0.2, 0.25) is 0 Å². The molecule has 10 heteroatoms. The first-order chi connectivity index (χ1) is 17.9. The van der Waals surface area contributed by atoms with Gasteiger partial charge in [-0.15, -0.1) is 0 Å². The second-order valence-corrected chi connectivity index (χ2v) is 10.1. The molecule has 3 heterocycles. The molecule has 37 heavy (non-hydrogen) atoms. The van der Waals surface area contributed by atoms with Crippen LogP contribution in [0.25, 0.3) is 6.08 Å². The number of piperazine rings is 1. The largest absolute Gasteiger partial charge is 0.468 e. The Balaban J connectivity index is 1.30. The first-order valence-corrected chi connectivity index (χ1v) is 13.2. The summed E-state index contributed by atoms with van der Waals surface area (Å²) in [6.45, 7) is 8.25. The van der Waals surface area contributed by atoms with E-state index in [1.807, 2.05) is 18.2 Å². The van der Waals surface area contributed by atoms with Crippen LogP contribution in [0.15, 0.2) is 47.1 Å². The highest BCUT2D eigenvalue weighted by Gasteiger charge is 2.33. The predicted molar refractivity (Wildman–Crippen MR) is 144 cm³/mol. The highest BCUT2D eigenvalue weighted by Crippen LogP contribution is 2.34. The molecule has 0 aliphatic carbocycles. The van der Waals surface area contributed by atoms with E-state index in [1.165, 1.54) is 35.7 Å². The maximum atomic E-state index is 13.4. The van der Waals surface area contributed by atoms with E-state index in [0.717, 1.165) is 31.7 Å². The SMILES string of the molecule is COC(=O)CSC1=NC(=Cc2ccc3c(c2)OCO3)C(=O)N1CN1CCN(c2c(C)cccc2C)CC1. The van der Waals surface area contributed by atoms with Gasteiger partial charge in [0.15, 0.2) is 16.7 Å². The molecule has 9 nitrogen and oxygen atoms in total. The molecule has 1 amide bonds. The number of carbonyl (C=O) groups is 2. The van der Waals surface area contributed by atoms with Crippen molar-refractivity contribution in [3.63, 3.8) is 0 Å². The molecule has 2 aromatic carbocycles. The molecule has 3 aliphatic rings. The number of carbonyl (C=O) groups excluding carboxylic acids is 2. The smallest absolute Gasteiger partial charge is 0.316 e. The van der Waals surface area contributed by atoms with E-state index in [1.54, 1.807) is 11.0 Å². The molecule has 0 bridgehead atoms. The zero-order valence-corrected chi connectivity index (χ0v) is 22.0. The molecule has 0 unspecified atom stereocenters. The number of methoxy groups -OCH3 is 1. The number of aryl methyl sites for hydroxylation is 2. The van der Waals surface area contributed by atoms with Gasteiger partial charge in [-0.1, -0.05) is 36.0 Å². The second-order valence-electron chi connectivity index (χ2n) is 9.12. The minimum absolute atomic E-state index is 0.0801. The first-order valence-electron chi connectivity index (χ1n) is 12.2. The highest BCUT2D eigenvalue weighted by atomic mass is 32.2. The molecule has 0 spiro atoms. The summed E-state index contributed by atoms with van der Waals surface area (Å²) in [4.78, 5) is 36.1. The van der Waals surface area contributed by atoms with Gasteiger partial charge in [-0.3, -0.25) is 19.4 Å². The van der Waals surface area contributed by atoms with Gasteiger partial charge in [0.2, 0.25) is 6.79 Å². The number of amidine groups is 1. The minimum Gasteiger partial charge on any atom is -0.468 e. The third-order valence-electron chi connectivity index (χ3n) is 6.63. The van der Waals surface area contributed by atoms with E-state index < -0.39 is 0 Å². The molecule has 2 aromatic rings. The quantitative estimate of drug-likeness (QED) is 0.422. The predicted octanol–water partition coefficient (Wildman–Crippen LogP) is 3.26. The van der Waals surface area contributed by atoms with E-state index >= 15 is 0 Å². The monoisotopic (exact) mass is 522 g/mol. The number of para-hydroxylation sites is 1. The van der Waals surface area contributed by atoms with Gasteiger partial charge in [0.1, 0.15) is 5.70 Å². The van der Waals surface area contributed by atoms with Gasteiger partial charge >= 0.3 is 5.97 Å². The van der Waals surface area contributed by atoms with Crippen molar-refractivity contribution < 1.29 is 23.8 Å². The van der Waals surface area contributed by atoms with Crippen LogP contribution >= 0.6 is 11.8 Å². The number of aliphatic imine (C=N–C) groups is 1. The normalized spacial score (nSPS) is 18.5. The Morgan fingerprint density at radius 3 is 2.54 bits per heavy atom. The molecule has 1 saturated heterocycles. The van der Waals surface area contributed by atoms with Gasteiger partial charge in [0.25, 0.3) is 5.91 Å². The molecule has 1 fully saturated rings. The molecule has 0 aromatic heterocycles. The molecule has 5 rings (SSSR count). The van der Waals surface area contributed by atoms with Crippen LogP contribution in [0, 0.1) is 13.8 Å². The fourth-order valence-electron chi connectivity index (χ4n) is 4.73. The molecule has 3 aliphatic heterocycles. The van der Waals surface area contributed by atoms with Gasteiger partial charge in [0.05, 0.1) is 19.5 Å². The van der Waals surface area contributed by atoms with Crippen LogP contribution in [0.1, 0.15) is 16.7 Å². The van der Waals surface area contributed by atoms with E-state index in [4.69, 9.17) is 14.2 Å². The van der Waals surface area contributed by atoms with Crippen LogP contribution in [-0.2, 0) is 14.3 Å². The van der Waals surface area contributed by atoms with Crippen molar-refractivity contribution in [1.82, 2.24) is 9.80 Å². The van der Waals surface area contributed by atoms with Gasteiger partial charge in [-0.25, -0.2) is 4.99 Å². The number of esters is 1. The fourth-order valence-corrected chi connectivity index (χ4v) is 5.55. The van der Waals surface area contributed by atoms with E-state index in [-0.39, 0.29) is 24.4 Å². The van der Waals surface area contributed by atoms with Crippen molar-refractivity contribution in [1.29, 1.82) is 0 Å². The lowest BCUT2D eigenvalue weighted by atomic mass is 10.1. The number of thioether (sulfide) groups is 1. The highest BCUT2D eigenvalue weighted by molar-refractivity contribution is 8.14. The first kappa shape index (κ1) is 25.2. The topological polar surface area (TPSA) is 83.9 Å². The Bertz CT molecular complexity index is 1250. The van der Waals surface area contributed by atoms with Crippen molar-refractivity contribution in [2.75, 3.05) is 57.4 Å². The summed E-state index contributed by atoms with van der Waals surface area (Å²) in [7, 11) is 1.35. The summed E-state index contributed by atoms with van der Waals surface area (Å²) >= 11 is 1.21. The molecular formula is C27H30N4O5S. The number of rotatable bonds is 6. The minimum atomic E-state index is -0.365. The Morgan fingerprint density at radius 2 is 1.81 bits per heavy atom. The number of hydrogen-bond acceptors (Lipinski definition) is 9. The number of fused-ring (bicyclic) bond motifs is 1. The Labute approximate surface area is 220 Å². The number of hydrogen-bond donors (Lipinski definition) is 0. The van der Waals surface area contributed by atoms with Gasteiger partial charge in [0, 0.05) is 31.9 Å². The fraction of sp³-hybridized carbons (Fsp3) is 0.370. The van der Waals surface area contributed by atoms with Crippen molar-refractivity contribution >= 4 is 40.6 Å². The van der Waals surface area contributed by atoms with Gasteiger partial charge < -0.3 is 19.1 Å². The third kappa shape index (κ3) is 5.45. The van der Waals surface area contributed by atoms with Crippen LogP contribution in [0.3, 0.4) is 0 Å². The number of benzene rings is 2. The zero-order chi connectivity index (χ0) is 25.9. The summed E-state index contributed by atoms with van der Waals surface area (Å²) < 4.78 is 15.6. The second kappa shape index (κ2) is 10.9. The van der Waals surface area contributed by atoms with Crippen LogP contribution in [0.4, 0.5) is 5.69 Å². The summed E-state index contributed by atoms with van der Waals surface area (Å²) in [6, 6.07) is 11.9. The molecule has 0 atom stereocenters. The lowest BCUT2D eigenvalue weighted by molar-refractivity contribution is -0.137. The van der Waals surface area contributed by atoms with Crippen LogP contribution in [-0.4, -0.2) is 79.3 Å². The summed E-state index contributed by atoms with van der Waals surface area (Å²) in [6.07, 6.45) is 1.74. The number of amides is 1. The zero-order valence-electron chi connectivity index (χ0n) is 21.2. The van der Waals surface area contributed by atoms with Crippen LogP contribution in [0.5, 0.6) is 11.5 Å². The molecule has 0 N–H and O–H groups in total. The maximum absolute atomic E-state index is 13.4. The summed E-state index contributed by atoms with van der Waals surface area (Å²) in [5.41, 5.74) is 4.95. The van der Waals surface area contributed by atoms with Crippen molar-refractivity contribution in [2.24, 2.45) is 4.99 Å². The maximum Gasteiger partial charge on any atom is 0.316 e. The van der Waals surface area contributed by atoms with Gasteiger partial charge in [-0.05, 0) is 48.7 Å². The van der Waals surface area contributed by atoms with E-state index in [2.05, 4.69) is 46.8 Å². The summed E-state index contributed by atoms with van der Waals surface area (Å²) in [5, 5.41) is 0.500.